The Kier molecular flexibility index (Phi) is 5.98. The van der Waals surface area contributed by atoms with E-state index in [1.54, 1.807) is 6.92 Å². The summed E-state index contributed by atoms with van der Waals surface area (Å²) in [5, 5.41) is 10.1. The summed E-state index contributed by atoms with van der Waals surface area (Å²) in [4.78, 5) is 26.7. The molecule has 1 aliphatic rings. The van der Waals surface area contributed by atoms with E-state index in [-0.39, 0.29) is 21.4 Å². The number of phenolic OH excluding ortho intramolecular Hbond substituents is 1. The van der Waals surface area contributed by atoms with E-state index in [2.05, 4.69) is 0 Å². The lowest BCUT2D eigenvalue weighted by Crippen LogP contribution is -2.52. The van der Waals surface area contributed by atoms with Crippen LogP contribution in [0.4, 0.5) is 9.18 Å². The molecule has 2 atom stereocenters. The van der Waals surface area contributed by atoms with Gasteiger partial charge in [-0.05, 0) is 49.9 Å². The van der Waals surface area contributed by atoms with E-state index < -0.39 is 29.5 Å². The van der Waals surface area contributed by atoms with Crippen LogP contribution >= 0.6 is 23.2 Å². The van der Waals surface area contributed by atoms with E-state index in [1.165, 1.54) is 29.3 Å². The minimum atomic E-state index is -1.02. The first kappa shape index (κ1) is 20.6. The highest BCUT2D eigenvalue weighted by atomic mass is 35.5. The third-order valence-corrected chi connectivity index (χ3v) is 5.81. The zero-order valence-electron chi connectivity index (χ0n) is 15.2. The van der Waals surface area contributed by atoms with Crippen molar-refractivity contribution in [1.82, 2.24) is 9.47 Å². The van der Waals surface area contributed by atoms with Crippen LogP contribution < -0.4 is 11.3 Å². The Morgan fingerprint density at radius 3 is 2.82 bits per heavy atom. The SMILES string of the molecule is Cc1cc(O)c([C@@H](N)C2CCCCN2C(=O)n2cccc(Cl)c2=O)c(F)c1Cl. The summed E-state index contributed by atoms with van der Waals surface area (Å²) in [6.07, 6.45) is 3.31. The number of phenols is 1. The normalized spacial score (nSPS) is 18.2. The summed E-state index contributed by atoms with van der Waals surface area (Å²) >= 11 is 11.8. The van der Waals surface area contributed by atoms with E-state index in [0.717, 1.165) is 11.0 Å². The van der Waals surface area contributed by atoms with Crippen molar-refractivity contribution in [3.63, 3.8) is 0 Å². The molecule has 1 unspecified atom stereocenters. The van der Waals surface area contributed by atoms with E-state index in [4.69, 9.17) is 28.9 Å². The fourth-order valence-electron chi connectivity index (χ4n) is 3.58. The first-order valence-electron chi connectivity index (χ1n) is 8.85. The van der Waals surface area contributed by atoms with Gasteiger partial charge in [-0.3, -0.25) is 4.79 Å². The predicted octanol–water partition coefficient (Wildman–Crippen LogP) is 3.83. The maximum atomic E-state index is 14.7. The van der Waals surface area contributed by atoms with Crippen molar-refractivity contribution in [2.75, 3.05) is 6.54 Å². The first-order valence-corrected chi connectivity index (χ1v) is 9.60. The highest BCUT2D eigenvalue weighted by Gasteiger charge is 2.36. The van der Waals surface area contributed by atoms with Crippen molar-refractivity contribution in [3.05, 3.63) is 61.7 Å². The van der Waals surface area contributed by atoms with Crippen molar-refractivity contribution in [2.45, 2.75) is 38.3 Å². The molecule has 1 aromatic heterocycles. The maximum Gasteiger partial charge on any atom is 0.331 e. The van der Waals surface area contributed by atoms with Crippen molar-refractivity contribution >= 4 is 29.2 Å². The van der Waals surface area contributed by atoms with E-state index in [1.807, 2.05) is 0 Å². The van der Waals surface area contributed by atoms with Gasteiger partial charge in [-0.25, -0.2) is 13.8 Å². The second-order valence-corrected chi connectivity index (χ2v) is 7.64. The quantitative estimate of drug-likeness (QED) is 0.761. The number of nitrogens with zero attached hydrogens (tertiary/aromatic N) is 2. The number of carbonyl (C=O) groups excluding carboxylic acids is 1. The number of pyridine rings is 1. The molecule has 28 heavy (non-hydrogen) atoms. The predicted molar refractivity (Wildman–Crippen MR) is 106 cm³/mol. The molecule has 1 saturated heterocycles. The van der Waals surface area contributed by atoms with Gasteiger partial charge in [-0.2, -0.15) is 0 Å². The average molecular weight is 428 g/mol. The number of aromatic nitrogens is 1. The maximum absolute atomic E-state index is 14.7. The fourth-order valence-corrected chi connectivity index (χ4v) is 3.90. The second kappa shape index (κ2) is 8.11. The standard InChI is InChI=1S/C19H20Cl2FN3O3/c1-10-9-13(26)14(16(22)15(10)21)17(23)12-6-2-3-7-24(12)19(28)25-8-4-5-11(20)18(25)27/h4-5,8-9,12,17,26H,2-3,6-7,23H2,1H3/t12?,17-/m0/s1. The smallest absolute Gasteiger partial charge is 0.331 e. The molecule has 2 heterocycles. The summed E-state index contributed by atoms with van der Waals surface area (Å²) in [5.41, 5.74) is 5.90. The van der Waals surface area contributed by atoms with Crippen LogP contribution in [0.1, 0.15) is 36.4 Å². The third-order valence-electron chi connectivity index (χ3n) is 5.05. The van der Waals surface area contributed by atoms with Gasteiger partial charge in [0.1, 0.15) is 10.8 Å². The number of aryl methyl sites for hydroxylation is 1. The number of halogens is 3. The van der Waals surface area contributed by atoms with Gasteiger partial charge in [0.25, 0.3) is 5.56 Å². The van der Waals surface area contributed by atoms with Crippen LogP contribution in [-0.4, -0.2) is 33.2 Å². The number of amides is 1. The minimum Gasteiger partial charge on any atom is -0.507 e. The average Bonchev–Trinajstić information content (AvgIpc) is 2.67. The van der Waals surface area contributed by atoms with Crippen LogP contribution in [0.15, 0.2) is 29.2 Å². The largest absolute Gasteiger partial charge is 0.507 e. The molecule has 150 valence electrons. The van der Waals surface area contributed by atoms with Gasteiger partial charge in [-0.1, -0.05) is 23.2 Å². The minimum absolute atomic E-state index is 0.0808. The molecule has 1 amide bonds. The Bertz CT molecular complexity index is 980. The van der Waals surface area contributed by atoms with Crippen molar-refractivity contribution in [2.24, 2.45) is 5.73 Å². The number of aromatic hydroxyl groups is 1. The van der Waals surface area contributed by atoms with Gasteiger partial charge in [-0.15, -0.1) is 0 Å². The summed E-state index contributed by atoms with van der Waals surface area (Å²) in [6, 6.07) is 2.01. The number of benzene rings is 1. The summed E-state index contributed by atoms with van der Waals surface area (Å²) in [6.45, 7) is 1.92. The van der Waals surface area contributed by atoms with Gasteiger partial charge in [0.05, 0.1) is 17.1 Å². The number of nitrogens with two attached hydrogens (primary N) is 1. The zero-order valence-corrected chi connectivity index (χ0v) is 16.7. The van der Waals surface area contributed by atoms with Gasteiger partial charge < -0.3 is 15.7 Å². The highest BCUT2D eigenvalue weighted by Crippen LogP contribution is 2.37. The topological polar surface area (TPSA) is 88.6 Å². The Balaban J connectivity index is 2.00. The molecular formula is C19H20Cl2FN3O3. The van der Waals surface area contributed by atoms with Crippen LogP contribution in [0.25, 0.3) is 0 Å². The molecule has 1 fully saturated rings. The van der Waals surface area contributed by atoms with Crippen LogP contribution in [-0.2, 0) is 0 Å². The molecule has 0 bridgehead atoms. The van der Waals surface area contributed by atoms with Crippen molar-refractivity contribution in [1.29, 1.82) is 0 Å². The van der Waals surface area contributed by atoms with Gasteiger partial charge in [0, 0.05) is 18.3 Å². The lowest BCUT2D eigenvalue weighted by Gasteiger charge is -2.39. The number of piperidine rings is 1. The number of rotatable bonds is 2. The molecule has 0 spiro atoms. The number of hydrogen-bond acceptors (Lipinski definition) is 4. The van der Waals surface area contributed by atoms with Gasteiger partial charge in [0.15, 0.2) is 5.82 Å². The zero-order chi connectivity index (χ0) is 20.6. The van der Waals surface area contributed by atoms with Gasteiger partial charge in [0.2, 0.25) is 0 Å². The summed E-state index contributed by atoms with van der Waals surface area (Å²) < 4.78 is 15.7. The second-order valence-electron chi connectivity index (χ2n) is 6.85. The molecule has 1 aromatic carbocycles. The molecule has 3 N–H and O–H groups in total. The Morgan fingerprint density at radius 2 is 2.11 bits per heavy atom. The molecule has 0 radical (unpaired) electrons. The van der Waals surface area contributed by atoms with E-state index in [0.29, 0.717) is 24.9 Å². The molecule has 1 aliphatic heterocycles. The van der Waals surface area contributed by atoms with Crippen LogP contribution in [0.5, 0.6) is 5.75 Å². The Hall–Kier alpha value is -2.09. The summed E-state index contributed by atoms with van der Waals surface area (Å²) in [7, 11) is 0. The lowest BCUT2D eigenvalue weighted by atomic mass is 9.90. The van der Waals surface area contributed by atoms with Crippen LogP contribution in [0.3, 0.4) is 0 Å². The molecule has 6 nitrogen and oxygen atoms in total. The van der Waals surface area contributed by atoms with Crippen molar-refractivity contribution < 1.29 is 14.3 Å². The van der Waals surface area contributed by atoms with Crippen LogP contribution in [0, 0.1) is 12.7 Å². The molecule has 2 aromatic rings. The number of likely N-dealkylation sites (tertiary alicyclic amines) is 1. The molecule has 0 aliphatic carbocycles. The first-order chi connectivity index (χ1) is 13.2. The lowest BCUT2D eigenvalue weighted by molar-refractivity contribution is 0.136. The fraction of sp³-hybridized carbons (Fsp3) is 0.368. The van der Waals surface area contributed by atoms with E-state index in [9.17, 15) is 19.1 Å². The van der Waals surface area contributed by atoms with E-state index >= 15 is 0 Å². The Labute approximate surface area is 171 Å². The molecule has 0 saturated carbocycles. The van der Waals surface area contributed by atoms with Gasteiger partial charge >= 0.3 is 6.03 Å². The molecule has 3 rings (SSSR count). The van der Waals surface area contributed by atoms with Crippen LogP contribution in [0.2, 0.25) is 10.0 Å². The molecule has 9 heteroatoms. The Morgan fingerprint density at radius 1 is 1.39 bits per heavy atom. The molecular weight excluding hydrogens is 408 g/mol. The number of carbonyl (C=O) groups is 1. The third kappa shape index (κ3) is 3.62. The summed E-state index contributed by atoms with van der Waals surface area (Å²) in [5.74, 6) is -1.12. The number of hydrogen-bond donors (Lipinski definition) is 2. The highest BCUT2D eigenvalue weighted by molar-refractivity contribution is 6.31. The monoisotopic (exact) mass is 427 g/mol. The van der Waals surface area contributed by atoms with Crippen molar-refractivity contribution in [3.8, 4) is 5.75 Å².